The van der Waals surface area contributed by atoms with E-state index >= 15 is 0 Å². The third kappa shape index (κ3) is 2.20. The van der Waals surface area contributed by atoms with Crippen molar-refractivity contribution in [2.75, 3.05) is 0 Å². The highest BCUT2D eigenvalue weighted by Gasteiger charge is 2.28. The van der Waals surface area contributed by atoms with Gasteiger partial charge in [0.1, 0.15) is 0 Å². The van der Waals surface area contributed by atoms with E-state index < -0.39 is 0 Å². The smallest absolute Gasteiger partial charge is 0.0935 e. The predicted octanol–water partition coefficient (Wildman–Crippen LogP) is 4.82. The molecule has 0 fully saturated rings. The maximum absolute atomic E-state index is 3.98. The molecule has 0 bridgehead atoms. The van der Waals surface area contributed by atoms with Crippen molar-refractivity contribution in [2.45, 2.75) is 11.2 Å². The Bertz CT molecular complexity index is 516. The van der Waals surface area contributed by atoms with Gasteiger partial charge in [0.05, 0.1) is 4.32 Å². The predicted molar refractivity (Wildman–Crippen MR) is 77.5 cm³/mol. The van der Waals surface area contributed by atoms with E-state index in [0.717, 1.165) is 0 Å². The summed E-state index contributed by atoms with van der Waals surface area (Å²) in [5.41, 5.74) is 3.69. The molecular formula is C16H15Br. The van der Waals surface area contributed by atoms with Crippen LogP contribution in [0, 0.1) is 6.92 Å². The molecule has 0 N–H and O–H groups in total. The SMILES string of the molecule is C=CC(Br)(c1ccccc1)c1ccccc1C. The summed E-state index contributed by atoms with van der Waals surface area (Å²) in [7, 11) is 0. The first-order valence-corrected chi connectivity index (χ1v) is 6.42. The summed E-state index contributed by atoms with van der Waals surface area (Å²) < 4.78 is -0.306. The van der Waals surface area contributed by atoms with Crippen LogP contribution < -0.4 is 0 Å². The Kier molecular flexibility index (Phi) is 3.49. The molecule has 0 nitrogen and oxygen atoms in total. The lowest BCUT2D eigenvalue weighted by Crippen LogP contribution is -2.17. The van der Waals surface area contributed by atoms with Crippen LogP contribution in [0.1, 0.15) is 16.7 Å². The molecule has 0 saturated carbocycles. The summed E-state index contributed by atoms with van der Waals surface area (Å²) in [4.78, 5) is 0. The van der Waals surface area contributed by atoms with E-state index in [0.29, 0.717) is 0 Å². The van der Waals surface area contributed by atoms with E-state index in [1.54, 1.807) is 0 Å². The van der Waals surface area contributed by atoms with Gasteiger partial charge in [0, 0.05) is 0 Å². The van der Waals surface area contributed by atoms with Crippen molar-refractivity contribution < 1.29 is 0 Å². The number of alkyl halides is 1. The fourth-order valence-electron chi connectivity index (χ4n) is 2.05. The van der Waals surface area contributed by atoms with E-state index in [4.69, 9.17) is 0 Å². The van der Waals surface area contributed by atoms with Gasteiger partial charge in [-0.2, -0.15) is 0 Å². The average Bonchev–Trinajstić information content (AvgIpc) is 2.39. The minimum absolute atomic E-state index is 0.306. The van der Waals surface area contributed by atoms with Gasteiger partial charge in [0.2, 0.25) is 0 Å². The number of hydrogen-bond donors (Lipinski definition) is 0. The minimum atomic E-state index is -0.306. The number of rotatable bonds is 3. The van der Waals surface area contributed by atoms with E-state index in [1.807, 2.05) is 24.3 Å². The minimum Gasteiger partial charge on any atom is -0.101 e. The number of aryl methyl sites for hydroxylation is 1. The van der Waals surface area contributed by atoms with Gasteiger partial charge in [-0.25, -0.2) is 0 Å². The lowest BCUT2D eigenvalue weighted by Gasteiger charge is -2.26. The highest BCUT2D eigenvalue weighted by molar-refractivity contribution is 9.09. The van der Waals surface area contributed by atoms with Gasteiger partial charge in [-0.15, -0.1) is 6.58 Å². The fraction of sp³-hybridized carbons (Fsp3) is 0.125. The van der Waals surface area contributed by atoms with Crippen LogP contribution in [0.5, 0.6) is 0 Å². The molecule has 2 aromatic carbocycles. The summed E-state index contributed by atoms with van der Waals surface area (Å²) in [5.74, 6) is 0. The maximum Gasteiger partial charge on any atom is 0.0935 e. The monoisotopic (exact) mass is 286 g/mol. The van der Waals surface area contributed by atoms with Crippen LogP contribution in [0.3, 0.4) is 0 Å². The molecule has 86 valence electrons. The van der Waals surface area contributed by atoms with Crippen LogP contribution in [0.15, 0.2) is 67.3 Å². The van der Waals surface area contributed by atoms with Crippen molar-refractivity contribution in [2.24, 2.45) is 0 Å². The molecule has 1 atom stereocenters. The number of benzene rings is 2. The van der Waals surface area contributed by atoms with Gasteiger partial charge in [0.15, 0.2) is 0 Å². The molecule has 0 saturated heterocycles. The molecule has 0 radical (unpaired) electrons. The molecule has 0 heterocycles. The van der Waals surface area contributed by atoms with Crippen molar-refractivity contribution in [3.8, 4) is 0 Å². The normalized spacial score (nSPS) is 14.0. The van der Waals surface area contributed by atoms with E-state index in [2.05, 4.69) is 65.8 Å². The quantitative estimate of drug-likeness (QED) is 0.561. The lowest BCUT2D eigenvalue weighted by molar-refractivity contribution is 0.950. The molecule has 0 aliphatic heterocycles. The van der Waals surface area contributed by atoms with Crippen molar-refractivity contribution in [1.82, 2.24) is 0 Å². The van der Waals surface area contributed by atoms with E-state index in [9.17, 15) is 0 Å². The molecule has 2 aromatic rings. The van der Waals surface area contributed by atoms with Crippen LogP contribution in [0.4, 0.5) is 0 Å². The molecule has 2 rings (SSSR count). The van der Waals surface area contributed by atoms with Crippen LogP contribution in [-0.2, 0) is 4.32 Å². The van der Waals surface area contributed by atoms with Gasteiger partial charge in [0.25, 0.3) is 0 Å². The summed E-state index contributed by atoms with van der Waals surface area (Å²) in [5, 5.41) is 0. The lowest BCUT2D eigenvalue weighted by atomic mass is 9.88. The van der Waals surface area contributed by atoms with Gasteiger partial charge in [-0.3, -0.25) is 0 Å². The van der Waals surface area contributed by atoms with Crippen molar-refractivity contribution >= 4 is 15.9 Å². The maximum atomic E-state index is 3.98. The Labute approximate surface area is 111 Å². The van der Waals surface area contributed by atoms with E-state index in [-0.39, 0.29) is 4.32 Å². The molecule has 17 heavy (non-hydrogen) atoms. The van der Waals surface area contributed by atoms with Gasteiger partial charge >= 0.3 is 0 Å². The Morgan fingerprint density at radius 2 is 1.59 bits per heavy atom. The van der Waals surface area contributed by atoms with Crippen molar-refractivity contribution in [1.29, 1.82) is 0 Å². The summed E-state index contributed by atoms with van der Waals surface area (Å²) in [6.07, 6.45) is 1.95. The molecule has 0 amide bonds. The second-order valence-corrected chi connectivity index (χ2v) is 5.35. The topological polar surface area (TPSA) is 0 Å². The number of allylic oxidation sites excluding steroid dienone is 1. The van der Waals surface area contributed by atoms with Crippen LogP contribution in [-0.4, -0.2) is 0 Å². The standard InChI is InChI=1S/C16H15Br/c1-3-16(17,14-10-5-4-6-11-14)15-12-8-7-9-13(15)2/h3-12H,1H2,2H3. The zero-order valence-electron chi connectivity index (χ0n) is 9.86. The largest absolute Gasteiger partial charge is 0.101 e. The molecule has 1 heteroatoms. The number of halogens is 1. The molecular weight excluding hydrogens is 272 g/mol. The van der Waals surface area contributed by atoms with Crippen LogP contribution in [0.2, 0.25) is 0 Å². The molecule has 1 unspecified atom stereocenters. The zero-order chi connectivity index (χ0) is 12.3. The summed E-state index contributed by atoms with van der Waals surface area (Å²) >= 11 is 3.83. The van der Waals surface area contributed by atoms with Crippen LogP contribution in [0.25, 0.3) is 0 Å². The second kappa shape index (κ2) is 4.89. The van der Waals surface area contributed by atoms with Crippen LogP contribution >= 0.6 is 15.9 Å². The molecule has 0 spiro atoms. The highest BCUT2D eigenvalue weighted by Crippen LogP contribution is 2.40. The second-order valence-electron chi connectivity index (χ2n) is 4.10. The molecule has 0 aromatic heterocycles. The van der Waals surface area contributed by atoms with Crippen molar-refractivity contribution in [3.05, 3.63) is 83.9 Å². The van der Waals surface area contributed by atoms with Gasteiger partial charge < -0.3 is 0 Å². The van der Waals surface area contributed by atoms with Gasteiger partial charge in [-0.1, -0.05) is 76.6 Å². The molecule has 0 aliphatic rings. The summed E-state index contributed by atoms with van der Waals surface area (Å²) in [6, 6.07) is 18.7. The Morgan fingerprint density at radius 1 is 1.00 bits per heavy atom. The Balaban J connectivity index is 2.60. The van der Waals surface area contributed by atoms with Gasteiger partial charge in [-0.05, 0) is 23.6 Å². The zero-order valence-corrected chi connectivity index (χ0v) is 11.4. The third-order valence-electron chi connectivity index (χ3n) is 3.01. The van der Waals surface area contributed by atoms with Crippen molar-refractivity contribution in [3.63, 3.8) is 0 Å². The third-order valence-corrected chi connectivity index (χ3v) is 4.22. The fourth-order valence-corrected chi connectivity index (χ4v) is 2.75. The molecule has 0 aliphatic carbocycles. The first kappa shape index (κ1) is 12.1. The number of hydrogen-bond acceptors (Lipinski definition) is 0. The average molecular weight is 287 g/mol. The highest BCUT2D eigenvalue weighted by atomic mass is 79.9. The van der Waals surface area contributed by atoms with E-state index in [1.165, 1.54) is 16.7 Å². The first-order chi connectivity index (χ1) is 8.18. The first-order valence-electron chi connectivity index (χ1n) is 5.62. The Morgan fingerprint density at radius 3 is 2.18 bits per heavy atom. The summed E-state index contributed by atoms with van der Waals surface area (Å²) in [6.45, 7) is 6.10. The Hall–Kier alpha value is -1.34.